The van der Waals surface area contributed by atoms with Gasteiger partial charge in [0.15, 0.2) is 0 Å². The van der Waals surface area contributed by atoms with Crippen molar-refractivity contribution in [2.45, 2.75) is 11.4 Å². The molecule has 28 heavy (non-hydrogen) atoms. The molecule has 7 heteroatoms. The molecule has 0 bridgehead atoms. The Morgan fingerprint density at radius 3 is 2.61 bits per heavy atom. The summed E-state index contributed by atoms with van der Waals surface area (Å²) in [6, 6.07) is 13.0. The van der Waals surface area contributed by atoms with Crippen LogP contribution in [0.1, 0.15) is 5.56 Å². The van der Waals surface area contributed by atoms with Gasteiger partial charge in [-0.25, -0.2) is 8.78 Å². The molecule has 0 atom stereocenters. The van der Waals surface area contributed by atoms with Crippen LogP contribution < -0.4 is 10.6 Å². The summed E-state index contributed by atoms with van der Waals surface area (Å²) in [7, 11) is 1.89. The maximum Gasteiger partial charge on any atom is 0.149 e. The van der Waals surface area contributed by atoms with E-state index in [2.05, 4.69) is 33.2 Å². The van der Waals surface area contributed by atoms with Crippen LogP contribution in [-0.4, -0.2) is 17.0 Å². The van der Waals surface area contributed by atoms with Crippen molar-refractivity contribution >= 4 is 34.9 Å². The van der Waals surface area contributed by atoms with E-state index in [-0.39, 0.29) is 5.69 Å². The average Bonchev–Trinajstić information content (AvgIpc) is 3.08. The molecule has 0 aliphatic carbocycles. The van der Waals surface area contributed by atoms with E-state index >= 15 is 0 Å². The molecule has 4 aromatic rings. The van der Waals surface area contributed by atoms with E-state index in [9.17, 15) is 8.78 Å². The number of hydrogen-bond donors (Lipinski definition) is 4. The van der Waals surface area contributed by atoms with Gasteiger partial charge in [-0.05, 0) is 49.0 Å². The molecule has 0 spiro atoms. The van der Waals surface area contributed by atoms with Gasteiger partial charge in [0.2, 0.25) is 0 Å². The first-order valence-electron chi connectivity index (χ1n) is 8.62. The fourth-order valence-corrected chi connectivity index (χ4v) is 2.85. The number of aromatic nitrogens is 2. The SMILES string of the molecule is CNCc1c[nH]c2cc(Nc3ccc(F)cc3F)ccc12.Sc1cccnc1. The highest BCUT2D eigenvalue weighted by Gasteiger charge is 2.07. The highest BCUT2D eigenvalue weighted by atomic mass is 32.1. The van der Waals surface area contributed by atoms with Crippen molar-refractivity contribution in [1.82, 2.24) is 15.3 Å². The monoisotopic (exact) mass is 398 g/mol. The van der Waals surface area contributed by atoms with Crippen LogP contribution in [0.2, 0.25) is 0 Å². The Morgan fingerprint density at radius 2 is 1.96 bits per heavy atom. The van der Waals surface area contributed by atoms with Crippen LogP contribution in [-0.2, 0) is 6.54 Å². The van der Waals surface area contributed by atoms with Gasteiger partial charge in [-0.1, -0.05) is 6.07 Å². The first-order chi connectivity index (χ1) is 13.6. The van der Waals surface area contributed by atoms with E-state index in [4.69, 9.17) is 0 Å². The number of aromatic amines is 1. The molecular weight excluding hydrogens is 378 g/mol. The predicted octanol–water partition coefficient (Wildman–Crippen LogP) is 5.28. The van der Waals surface area contributed by atoms with Crippen molar-refractivity contribution in [2.24, 2.45) is 0 Å². The minimum atomic E-state index is -0.613. The maximum atomic E-state index is 13.6. The van der Waals surface area contributed by atoms with Crippen LogP contribution in [0.5, 0.6) is 0 Å². The minimum Gasteiger partial charge on any atom is -0.361 e. The second-order valence-corrected chi connectivity index (χ2v) is 6.58. The fourth-order valence-electron chi connectivity index (χ4n) is 2.70. The van der Waals surface area contributed by atoms with Crippen molar-refractivity contribution in [3.8, 4) is 0 Å². The van der Waals surface area contributed by atoms with Gasteiger partial charge in [0.05, 0.1) is 5.69 Å². The summed E-state index contributed by atoms with van der Waals surface area (Å²) in [4.78, 5) is 7.90. The van der Waals surface area contributed by atoms with Crippen molar-refractivity contribution in [2.75, 3.05) is 12.4 Å². The molecule has 144 valence electrons. The molecule has 2 aromatic heterocycles. The Bertz CT molecular complexity index is 1050. The quantitative estimate of drug-likeness (QED) is 0.354. The lowest BCUT2D eigenvalue weighted by Crippen LogP contribution is -2.03. The van der Waals surface area contributed by atoms with E-state index in [1.807, 2.05) is 43.6 Å². The van der Waals surface area contributed by atoms with Crippen molar-refractivity contribution in [1.29, 1.82) is 0 Å². The van der Waals surface area contributed by atoms with Crippen LogP contribution in [0.15, 0.2) is 72.0 Å². The van der Waals surface area contributed by atoms with Gasteiger partial charge in [-0.2, -0.15) is 0 Å². The summed E-state index contributed by atoms with van der Waals surface area (Å²) in [6.07, 6.45) is 5.37. The highest BCUT2D eigenvalue weighted by Crippen LogP contribution is 2.25. The molecule has 0 unspecified atom stereocenters. The van der Waals surface area contributed by atoms with Crippen molar-refractivity contribution in [3.63, 3.8) is 0 Å². The number of nitrogens with zero attached hydrogens (tertiary/aromatic N) is 1. The Labute approximate surface area is 167 Å². The van der Waals surface area contributed by atoms with Gasteiger partial charge in [-0.15, -0.1) is 12.6 Å². The molecule has 0 aliphatic heterocycles. The first kappa shape index (κ1) is 19.9. The maximum absolute atomic E-state index is 13.6. The highest BCUT2D eigenvalue weighted by molar-refractivity contribution is 7.80. The average molecular weight is 398 g/mol. The lowest BCUT2D eigenvalue weighted by molar-refractivity contribution is 0.586. The molecule has 3 N–H and O–H groups in total. The number of pyridine rings is 1. The summed E-state index contributed by atoms with van der Waals surface area (Å²) in [5.74, 6) is -1.20. The minimum absolute atomic E-state index is 0.248. The number of fused-ring (bicyclic) bond motifs is 1. The van der Waals surface area contributed by atoms with Gasteiger partial charge in [0.25, 0.3) is 0 Å². The number of thiol groups is 1. The summed E-state index contributed by atoms with van der Waals surface area (Å²) in [5, 5.41) is 7.18. The molecule has 0 saturated carbocycles. The number of rotatable bonds is 4. The van der Waals surface area contributed by atoms with Gasteiger partial charge < -0.3 is 15.6 Å². The molecule has 4 nitrogen and oxygen atoms in total. The number of anilines is 2. The lowest BCUT2D eigenvalue weighted by atomic mass is 10.1. The number of hydrogen-bond acceptors (Lipinski definition) is 4. The van der Waals surface area contributed by atoms with Crippen molar-refractivity contribution in [3.05, 3.63) is 84.3 Å². The third kappa shape index (κ3) is 5.09. The van der Waals surface area contributed by atoms with E-state index in [0.717, 1.165) is 34.1 Å². The van der Waals surface area contributed by atoms with E-state index in [1.54, 1.807) is 12.4 Å². The van der Waals surface area contributed by atoms with Gasteiger partial charge >= 0.3 is 0 Å². The normalized spacial score (nSPS) is 10.4. The predicted molar refractivity (Wildman–Crippen MR) is 112 cm³/mol. The Hall–Kier alpha value is -2.90. The third-order valence-corrected chi connectivity index (χ3v) is 4.26. The third-order valence-electron chi connectivity index (χ3n) is 3.99. The summed E-state index contributed by atoms with van der Waals surface area (Å²) in [5.41, 5.74) is 3.13. The van der Waals surface area contributed by atoms with Crippen LogP contribution >= 0.6 is 12.6 Å². The smallest absolute Gasteiger partial charge is 0.149 e. The molecule has 0 fully saturated rings. The number of H-pyrrole nitrogens is 1. The van der Waals surface area contributed by atoms with Crippen LogP contribution in [0.3, 0.4) is 0 Å². The van der Waals surface area contributed by atoms with Crippen molar-refractivity contribution < 1.29 is 8.78 Å². The van der Waals surface area contributed by atoms with E-state index in [1.165, 1.54) is 17.7 Å². The fraction of sp³-hybridized carbons (Fsp3) is 0.0952. The molecule has 2 heterocycles. The number of benzene rings is 2. The molecule has 2 aromatic carbocycles. The first-order valence-corrected chi connectivity index (χ1v) is 9.07. The Morgan fingerprint density at radius 1 is 1.11 bits per heavy atom. The zero-order chi connectivity index (χ0) is 19.9. The molecule has 0 saturated heterocycles. The topological polar surface area (TPSA) is 52.7 Å². The Balaban J connectivity index is 0.000000271. The molecule has 0 radical (unpaired) electrons. The van der Waals surface area contributed by atoms with E-state index in [0.29, 0.717) is 0 Å². The molecule has 4 rings (SSSR count). The standard InChI is InChI=1S/C16H15F2N3.C5H5NS/c1-19-8-10-9-20-16-7-12(3-4-13(10)16)21-15-5-2-11(17)6-14(15)18;7-5-2-1-3-6-4-5/h2-7,9,19-21H,8H2,1H3;1-4,7H. The zero-order valence-electron chi connectivity index (χ0n) is 15.2. The van der Waals surface area contributed by atoms with Gasteiger partial charge in [-0.3, -0.25) is 4.98 Å². The molecular formula is C21H20F2N4S. The van der Waals surface area contributed by atoms with Gasteiger partial charge in [0.1, 0.15) is 11.6 Å². The largest absolute Gasteiger partial charge is 0.361 e. The van der Waals surface area contributed by atoms with Crippen LogP contribution in [0.4, 0.5) is 20.2 Å². The second kappa shape index (κ2) is 9.34. The zero-order valence-corrected chi connectivity index (χ0v) is 16.1. The van der Waals surface area contributed by atoms with Crippen LogP contribution in [0.25, 0.3) is 10.9 Å². The second-order valence-electron chi connectivity index (χ2n) is 6.06. The summed E-state index contributed by atoms with van der Waals surface area (Å²) in [6.45, 7) is 0.777. The number of nitrogens with one attached hydrogen (secondary N) is 3. The lowest BCUT2D eigenvalue weighted by Gasteiger charge is -2.08. The van der Waals surface area contributed by atoms with Gasteiger partial charge in [0, 0.05) is 52.7 Å². The number of halogens is 2. The van der Waals surface area contributed by atoms with E-state index < -0.39 is 11.6 Å². The Kier molecular flexibility index (Phi) is 6.62. The molecule has 0 amide bonds. The van der Waals surface area contributed by atoms with Crippen LogP contribution in [0, 0.1) is 11.6 Å². The molecule has 0 aliphatic rings. The summed E-state index contributed by atoms with van der Waals surface area (Å²) >= 11 is 4.02. The summed E-state index contributed by atoms with van der Waals surface area (Å²) < 4.78 is 26.5.